The van der Waals surface area contributed by atoms with Crippen molar-refractivity contribution < 1.29 is 14.2 Å². The van der Waals surface area contributed by atoms with Gasteiger partial charge in [-0.1, -0.05) is 22.5 Å². The normalized spacial score (nSPS) is 25.4. The summed E-state index contributed by atoms with van der Waals surface area (Å²) >= 11 is 1.15. The summed E-state index contributed by atoms with van der Waals surface area (Å²) in [6, 6.07) is 4.65. The molecule has 2 aliphatic rings. The molecule has 3 aromatic rings. The maximum atomic E-state index is 14.3. The zero-order valence-electron chi connectivity index (χ0n) is 15.3. The first-order valence-electron chi connectivity index (χ1n) is 9.10. The summed E-state index contributed by atoms with van der Waals surface area (Å²) in [6.45, 7) is 0.744. The van der Waals surface area contributed by atoms with Gasteiger partial charge in [0.05, 0.1) is 5.56 Å². The van der Waals surface area contributed by atoms with Crippen LogP contribution in [0.2, 0.25) is 0 Å². The van der Waals surface area contributed by atoms with E-state index in [1.165, 1.54) is 17.0 Å². The Morgan fingerprint density at radius 2 is 2.24 bits per heavy atom. The summed E-state index contributed by atoms with van der Waals surface area (Å²) in [7, 11) is 1.56. The molecule has 0 amide bonds. The van der Waals surface area contributed by atoms with Crippen LogP contribution in [0.5, 0.6) is 10.9 Å². The van der Waals surface area contributed by atoms with E-state index in [-0.39, 0.29) is 28.7 Å². The monoisotopic (exact) mass is 416 g/mol. The number of phenols is 1. The van der Waals surface area contributed by atoms with Crippen molar-refractivity contribution in [3.8, 4) is 32.9 Å². The Labute approximate surface area is 168 Å². The molecule has 1 aliphatic carbocycles. The van der Waals surface area contributed by atoms with Crippen LogP contribution in [0.1, 0.15) is 6.42 Å². The Bertz CT molecular complexity index is 1130. The smallest absolute Gasteiger partial charge is 0.350 e. The number of hydrogen-bond acceptors (Lipinski definition) is 9. The third-order valence-electron chi connectivity index (χ3n) is 5.35. The van der Waals surface area contributed by atoms with Gasteiger partial charge in [-0.3, -0.25) is 4.57 Å². The Morgan fingerprint density at radius 1 is 1.38 bits per heavy atom. The fourth-order valence-corrected chi connectivity index (χ4v) is 4.57. The van der Waals surface area contributed by atoms with Crippen LogP contribution in [-0.2, 0) is 7.05 Å². The number of aromatic hydroxyl groups is 1. The second-order valence-electron chi connectivity index (χ2n) is 7.22. The standard InChI is InChI=1S/C18H17FN6O3S/c1-25-7-21-15(22-17(25)27)8-2-3-10(12(26)5-8)16-23-24-18(29-16)28-14-9-4-11(13(14)19)20-6-9/h2-3,5,7,9,11,13-14,20,26H,4,6H2,1H3/t9?,11?,13-,14+/m0/s1. The van der Waals surface area contributed by atoms with Crippen molar-refractivity contribution in [1.29, 1.82) is 0 Å². The van der Waals surface area contributed by atoms with Gasteiger partial charge in [0.2, 0.25) is 0 Å². The summed E-state index contributed by atoms with van der Waals surface area (Å²) < 4.78 is 21.3. The van der Waals surface area contributed by atoms with Gasteiger partial charge < -0.3 is 15.2 Å². The maximum absolute atomic E-state index is 14.3. The largest absolute Gasteiger partial charge is 0.507 e. The highest BCUT2D eigenvalue weighted by Gasteiger charge is 2.50. The van der Waals surface area contributed by atoms with Gasteiger partial charge in [0.1, 0.15) is 18.2 Å². The molecule has 5 rings (SSSR count). The quantitative estimate of drug-likeness (QED) is 0.651. The lowest BCUT2D eigenvalue weighted by molar-refractivity contribution is 0.0652. The fourth-order valence-electron chi connectivity index (χ4n) is 3.80. The molecule has 3 heterocycles. The van der Waals surface area contributed by atoms with Crippen molar-refractivity contribution in [2.45, 2.75) is 24.7 Å². The van der Waals surface area contributed by atoms with Crippen molar-refractivity contribution >= 4 is 11.3 Å². The Balaban J connectivity index is 1.37. The lowest BCUT2D eigenvalue weighted by Gasteiger charge is -2.25. The molecule has 150 valence electrons. The number of phenolic OH excluding ortho intramolecular Hbond substituents is 1. The van der Waals surface area contributed by atoms with E-state index in [0.717, 1.165) is 24.3 Å². The lowest BCUT2D eigenvalue weighted by Crippen LogP contribution is -2.45. The molecule has 11 heteroatoms. The predicted molar refractivity (Wildman–Crippen MR) is 102 cm³/mol. The van der Waals surface area contributed by atoms with E-state index in [0.29, 0.717) is 16.1 Å². The second-order valence-corrected chi connectivity index (χ2v) is 8.16. The molecule has 4 atom stereocenters. The van der Waals surface area contributed by atoms with Crippen LogP contribution in [0.3, 0.4) is 0 Å². The molecule has 2 aromatic heterocycles. The minimum atomic E-state index is -1.06. The van der Waals surface area contributed by atoms with Crippen molar-refractivity contribution in [2.75, 3.05) is 6.54 Å². The number of alkyl halides is 1. The minimum absolute atomic E-state index is 0.0537. The van der Waals surface area contributed by atoms with Gasteiger partial charge in [-0.15, -0.1) is 5.10 Å². The van der Waals surface area contributed by atoms with Crippen molar-refractivity contribution in [3.63, 3.8) is 0 Å². The van der Waals surface area contributed by atoms with Gasteiger partial charge in [-0.2, -0.15) is 4.98 Å². The molecule has 2 unspecified atom stereocenters. The third-order valence-corrected chi connectivity index (χ3v) is 6.20. The summed E-state index contributed by atoms with van der Waals surface area (Å²) in [5.41, 5.74) is 0.516. The molecular formula is C18H17FN6O3S. The number of piperidine rings is 1. The molecular weight excluding hydrogens is 399 g/mol. The van der Waals surface area contributed by atoms with E-state index < -0.39 is 18.0 Å². The number of ether oxygens (including phenoxy) is 1. The molecule has 0 spiro atoms. The van der Waals surface area contributed by atoms with E-state index >= 15 is 0 Å². The van der Waals surface area contributed by atoms with Crippen LogP contribution in [0, 0.1) is 5.92 Å². The third kappa shape index (κ3) is 3.15. The number of halogens is 1. The zero-order chi connectivity index (χ0) is 20.1. The molecule has 2 N–H and O–H groups in total. The van der Waals surface area contributed by atoms with E-state index in [9.17, 15) is 14.3 Å². The van der Waals surface area contributed by atoms with Gasteiger partial charge in [0.25, 0.3) is 5.19 Å². The van der Waals surface area contributed by atoms with Gasteiger partial charge >= 0.3 is 5.69 Å². The Hall–Kier alpha value is -2.92. The molecule has 9 nitrogen and oxygen atoms in total. The van der Waals surface area contributed by atoms with E-state index in [1.54, 1.807) is 19.2 Å². The van der Waals surface area contributed by atoms with E-state index in [2.05, 4.69) is 25.5 Å². The number of nitrogens with zero attached hydrogens (tertiary/aromatic N) is 5. The van der Waals surface area contributed by atoms with Gasteiger partial charge in [0.15, 0.2) is 17.0 Å². The first-order chi connectivity index (χ1) is 14.0. The van der Waals surface area contributed by atoms with Crippen LogP contribution < -0.4 is 15.7 Å². The van der Waals surface area contributed by atoms with Gasteiger partial charge in [0, 0.05) is 31.1 Å². The molecule has 0 radical (unpaired) electrons. The van der Waals surface area contributed by atoms with Crippen LogP contribution >= 0.6 is 11.3 Å². The topological polar surface area (TPSA) is 115 Å². The Morgan fingerprint density at radius 3 is 2.97 bits per heavy atom. The van der Waals surface area contributed by atoms with Gasteiger partial charge in [-0.05, 0) is 18.6 Å². The number of fused-ring (bicyclic) bond motifs is 2. The number of nitrogens with one attached hydrogen (secondary N) is 1. The number of benzene rings is 1. The predicted octanol–water partition coefficient (Wildman–Crippen LogP) is 1.14. The van der Waals surface area contributed by atoms with Crippen LogP contribution in [-0.4, -0.2) is 54.7 Å². The summed E-state index contributed by atoms with van der Waals surface area (Å²) in [6.07, 6.45) is 0.556. The van der Waals surface area contributed by atoms with Crippen molar-refractivity contribution in [1.82, 2.24) is 30.0 Å². The molecule has 1 saturated heterocycles. The number of rotatable bonds is 4. The van der Waals surface area contributed by atoms with E-state index in [4.69, 9.17) is 4.74 Å². The highest BCUT2D eigenvalue weighted by atomic mass is 32.1. The van der Waals surface area contributed by atoms with Crippen molar-refractivity contribution in [2.24, 2.45) is 13.0 Å². The summed E-state index contributed by atoms with van der Waals surface area (Å²) in [4.78, 5) is 19.7. The molecule has 2 fully saturated rings. The number of aryl methyl sites for hydroxylation is 1. The van der Waals surface area contributed by atoms with Gasteiger partial charge in [-0.25, -0.2) is 14.2 Å². The molecule has 1 aromatic carbocycles. The maximum Gasteiger partial charge on any atom is 0.350 e. The van der Waals surface area contributed by atoms with Crippen LogP contribution in [0.4, 0.5) is 4.39 Å². The average Bonchev–Trinajstić information content (AvgIpc) is 3.42. The van der Waals surface area contributed by atoms with Crippen molar-refractivity contribution in [3.05, 3.63) is 35.0 Å². The summed E-state index contributed by atoms with van der Waals surface area (Å²) in [5.74, 6) is 0.297. The highest BCUT2D eigenvalue weighted by molar-refractivity contribution is 7.16. The van der Waals surface area contributed by atoms with E-state index in [1.807, 2.05) is 0 Å². The van der Waals surface area contributed by atoms with Crippen LogP contribution in [0.15, 0.2) is 29.3 Å². The second kappa shape index (κ2) is 6.85. The molecule has 1 saturated carbocycles. The molecule has 29 heavy (non-hydrogen) atoms. The lowest BCUT2D eigenvalue weighted by atomic mass is 10.1. The average molecular weight is 416 g/mol. The minimum Gasteiger partial charge on any atom is -0.507 e. The first-order valence-corrected chi connectivity index (χ1v) is 9.92. The SMILES string of the molecule is Cn1cnc(-c2ccc(-c3nnc(O[C@@H]4C5CNC(C5)[C@@H]4F)s3)c(O)c2)nc1=O. The molecule has 2 bridgehead atoms. The summed E-state index contributed by atoms with van der Waals surface area (Å²) in [5, 5.41) is 22.4. The number of hydrogen-bond donors (Lipinski definition) is 2. The fraction of sp³-hybridized carbons (Fsp3) is 0.389. The zero-order valence-corrected chi connectivity index (χ0v) is 16.1. The highest BCUT2D eigenvalue weighted by Crippen LogP contribution is 2.39. The first kappa shape index (κ1) is 18.1. The Kier molecular flexibility index (Phi) is 4.28. The van der Waals surface area contributed by atoms with Crippen LogP contribution in [0.25, 0.3) is 22.0 Å². The number of aromatic nitrogens is 5. The molecule has 1 aliphatic heterocycles.